The number of fused-ring (bicyclic) bond motifs is 1. The zero-order valence-electron chi connectivity index (χ0n) is 14.3. The van der Waals surface area contributed by atoms with Gasteiger partial charge in [-0.2, -0.15) is 0 Å². The van der Waals surface area contributed by atoms with Crippen molar-refractivity contribution in [2.75, 3.05) is 19.8 Å². The average Bonchev–Trinajstić information content (AvgIpc) is 3.03. The van der Waals surface area contributed by atoms with Crippen molar-refractivity contribution in [1.82, 2.24) is 9.97 Å². The Labute approximate surface area is 145 Å². The van der Waals surface area contributed by atoms with E-state index in [1.54, 1.807) is 6.07 Å². The van der Waals surface area contributed by atoms with Crippen LogP contribution in [0.5, 0.6) is 5.75 Å². The largest absolute Gasteiger partial charge is 0.488 e. The monoisotopic (exact) mass is 344 g/mol. The Bertz CT molecular complexity index is 811. The zero-order chi connectivity index (χ0) is 17.6. The number of imidazole rings is 1. The zero-order valence-corrected chi connectivity index (χ0v) is 14.3. The summed E-state index contributed by atoms with van der Waals surface area (Å²) in [5, 5.41) is 0. The quantitative estimate of drug-likeness (QED) is 0.624. The number of aromatic amines is 1. The number of nitrogens with zero attached hydrogens (tertiary/aromatic N) is 1. The van der Waals surface area contributed by atoms with Gasteiger partial charge in [0, 0.05) is 18.8 Å². The van der Waals surface area contributed by atoms with E-state index in [2.05, 4.69) is 9.97 Å². The van der Waals surface area contributed by atoms with Gasteiger partial charge in [-0.25, -0.2) is 9.37 Å². The van der Waals surface area contributed by atoms with E-state index in [1.807, 2.05) is 38.1 Å². The summed E-state index contributed by atoms with van der Waals surface area (Å²) in [6, 6.07) is 12.0. The predicted molar refractivity (Wildman–Crippen MR) is 94.0 cm³/mol. The number of hydrogen-bond donors (Lipinski definition) is 1. The van der Waals surface area contributed by atoms with Crippen LogP contribution in [-0.2, 0) is 9.47 Å². The molecular formula is C19H21FN2O3. The van der Waals surface area contributed by atoms with Gasteiger partial charge in [0.05, 0.1) is 11.0 Å². The van der Waals surface area contributed by atoms with Crippen molar-refractivity contribution in [3.05, 3.63) is 48.3 Å². The van der Waals surface area contributed by atoms with Crippen molar-refractivity contribution in [1.29, 1.82) is 0 Å². The number of hydrogen-bond acceptors (Lipinski definition) is 4. The maximum atomic E-state index is 13.3. The normalized spacial score (nSPS) is 11.4. The van der Waals surface area contributed by atoms with Gasteiger partial charge in [0.15, 0.2) is 6.29 Å². The molecular weight excluding hydrogens is 323 g/mol. The molecule has 0 spiro atoms. The molecule has 0 fully saturated rings. The van der Waals surface area contributed by atoms with Crippen LogP contribution in [0.3, 0.4) is 0 Å². The fourth-order valence-corrected chi connectivity index (χ4v) is 2.51. The lowest BCUT2D eigenvalue weighted by Crippen LogP contribution is -2.25. The third kappa shape index (κ3) is 4.35. The summed E-state index contributed by atoms with van der Waals surface area (Å²) in [7, 11) is 0. The minimum atomic E-state index is -0.375. The van der Waals surface area contributed by atoms with Gasteiger partial charge >= 0.3 is 0 Å². The van der Waals surface area contributed by atoms with Crippen molar-refractivity contribution in [3.8, 4) is 17.1 Å². The van der Waals surface area contributed by atoms with Crippen molar-refractivity contribution in [2.45, 2.75) is 20.1 Å². The molecule has 0 aliphatic carbocycles. The molecule has 0 amide bonds. The van der Waals surface area contributed by atoms with Crippen LogP contribution in [0.2, 0.25) is 0 Å². The standard InChI is InChI=1S/C19H21FN2O3/c1-3-23-18(24-4-2)12-25-15-8-5-13(6-9-15)19-21-16-10-7-14(20)11-17(16)22-19/h5-11,18H,3-4,12H2,1-2H3,(H,21,22). The van der Waals surface area contributed by atoms with Crippen LogP contribution in [0, 0.1) is 5.82 Å². The van der Waals surface area contributed by atoms with Crippen LogP contribution in [0.15, 0.2) is 42.5 Å². The van der Waals surface area contributed by atoms with Crippen LogP contribution in [0.1, 0.15) is 13.8 Å². The summed E-state index contributed by atoms with van der Waals surface area (Å²) in [4.78, 5) is 7.60. The molecule has 6 heteroatoms. The van der Waals surface area contributed by atoms with E-state index >= 15 is 0 Å². The molecule has 0 bridgehead atoms. The highest BCUT2D eigenvalue weighted by Gasteiger charge is 2.10. The second-order valence-electron chi connectivity index (χ2n) is 5.42. The SMILES string of the molecule is CCOC(COc1ccc(-c2nc3ccc(F)cc3[nH]2)cc1)OCC. The van der Waals surface area contributed by atoms with Crippen molar-refractivity contribution in [3.63, 3.8) is 0 Å². The highest BCUT2D eigenvalue weighted by Crippen LogP contribution is 2.23. The molecule has 0 aliphatic rings. The first kappa shape index (κ1) is 17.4. The van der Waals surface area contributed by atoms with Crippen LogP contribution in [-0.4, -0.2) is 36.1 Å². The van der Waals surface area contributed by atoms with Gasteiger partial charge in [-0.1, -0.05) is 0 Å². The lowest BCUT2D eigenvalue weighted by Gasteiger charge is -2.17. The molecule has 5 nitrogen and oxygen atoms in total. The van der Waals surface area contributed by atoms with Gasteiger partial charge in [-0.05, 0) is 56.3 Å². The third-order valence-electron chi connectivity index (χ3n) is 3.66. The second kappa shape index (κ2) is 8.09. The molecule has 0 radical (unpaired) electrons. The molecule has 1 aromatic heterocycles. The summed E-state index contributed by atoms with van der Waals surface area (Å²) >= 11 is 0. The van der Waals surface area contributed by atoms with E-state index < -0.39 is 0 Å². The van der Waals surface area contributed by atoms with Crippen LogP contribution >= 0.6 is 0 Å². The number of ether oxygens (including phenoxy) is 3. The number of benzene rings is 2. The molecule has 2 aromatic carbocycles. The maximum Gasteiger partial charge on any atom is 0.191 e. The summed E-state index contributed by atoms with van der Waals surface area (Å²) in [6.45, 7) is 5.30. The number of aromatic nitrogens is 2. The fourth-order valence-electron chi connectivity index (χ4n) is 2.51. The Morgan fingerprint density at radius 1 is 1.04 bits per heavy atom. The molecule has 132 valence electrons. The van der Waals surface area contributed by atoms with E-state index in [4.69, 9.17) is 14.2 Å². The van der Waals surface area contributed by atoms with Gasteiger partial charge in [-0.15, -0.1) is 0 Å². The lowest BCUT2D eigenvalue weighted by atomic mass is 10.2. The van der Waals surface area contributed by atoms with Crippen molar-refractivity contribution >= 4 is 11.0 Å². The van der Waals surface area contributed by atoms with E-state index in [1.165, 1.54) is 12.1 Å². The van der Waals surface area contributed by atoms with Gasteiger partial charge < -0.3 is 19.2 Å². The molecule has 0 saturated carbocycles. The highest BCUT2D eigenvalue weighted by atomic mass is 19.1. The fraction of sp³-hybridized carbons (Fsp3) is 0.316. The van der Waals surface area contributed by atoms with E-state index in [0.29, 0.717) is 31.2 Å². The van der Waals surface area contributed by atoms with Crippen LogP contribution in [0.4, 0.5) is 4.39 Å². The number of nitrogens with one attached hydrogen (secondary N) is 1. The first-order valence-corrected chi connectivity index (χ1v) is 8.31. The Hall–Kier alpha value is -2.44. The summed E-state index contributed by atoms with van der Waals surface area (Å²) in [6.07, 6.45) is -0.375. The molecule has 0 saturated heterocycles. The maximum absolute atomic E-state index is 13.3. The van der Waals surface area contributed by atoms with Crippen LogP contribution in [0.25, 0.3) is 22.4 Å². The first-order valence-electron chi connectivity index (χ1n) is 8.31. The Balaban J connectivity index is 1.68. The summed E-state index contributed by atoms with van der Waals surface area (Å²) < 4.78 is 29.9. The molecule has 1 heterocycles. The van der Waals surface area contributed by atoms with E-state index in [0.717, 1.165) is 16.8 Å². The van der Waals surface area contributed by atoms with E-state index in [-0.39, 0.29) is 12.1 Å². The Morgan fingerprint density at radius 3 is 2.44 bits per heavy atom. The molecule has 3 aromatic rings. The second-order valence-corrected chi connectivity index (χ2v) is 5.42. The molecule has 0 aliphatic heterocycles. The molecule has 0 unspecified atom stereocenters. The predicted octanol–water partition coefficient (Wildman–Crippen LogP) is 4.15. The highest BCUT2D eigenvalue weighted by molar-refractivity contribution is 5.79. The van der Waals surface area contributed by atoms with Crippen LogP contribution < -0.4 is 4.74 Å². The average molecular weight is 344 g/mol. The van der Waals surface area contributed by atoms with Gasteiger partial charge in [-0.3, -0.25) is 0 Å². The van der Waals surface area contributed by atoms with Gasteiger partial charge in [0.1, 0.15) is 24.0 Å². The number of halogens is 1. The molecule has 0 atom stereocenters. The molecule has 3 rings (SSSR count). The van der Waals surface area contributed by atoms with Gasteiger partial charge in [0.25, 0.3) is 0 Å². The van der Waals surface area contributed by atoms with Crippen molar-refractivity contribution < 1.29 is 18.6 Å². The smallest absolute Gasteiger partial charge is 0.191 e. The number of H-pyrrole nitrogens is 1. The van der Waals surface area contributed by atoms with Gasteiger partial charge in [0.2, 0.25) is 0 Å². The Morgan fingerprint density at radius 2 is 1.76 bits per heavy atom. The topological polar surface area (TPSA) is 56.4 Å². The minimum Gasteiger partial charge on any atom is -0.488 e. The molecule has 25 heavy (non-hydrogen) atoms. The first-order chi connectivity index (χ1) is 12.2. The lowest BCUT2D eigenvalue weighted by molar-refractivity contribution is -0.152. The Kier molecular flexibility index (Phi) is 5.63. The number of rotatable bonds is 8. The van der Waals surface area contributed by atoms with Crippen molar-refractivity contribution in [2.24, 2.45) is 0 Å². The minimum absolute atomic E-state index is 0.287. The molecule has 1 N–H and O–H groups in total. The summed E-state index contributed by atoms with van der Waals surface area (Å²) in [5.74, 6) is 1.12. The summed E-state index contributed by atoms with van der Waals surface area (Å²) in [5.41, 5.74) is 2.30. The van der Waals surface area contributed by atoms with E-state index in [9.17, 15) is 4.39 Å². The third-order valence-corrected chi connectivity index (χ3v) is 3.66.